The molecule has 2 heterocycles. The Bertz CT molecular complexity index is 650. The summed E-state index contributed by atoms with van der Waals surface area (Å²) >= 11 is 0. The molecule has 0 saturated heterocycles. The Morgan fingerprint density at radius 1 is 1.42 bits per heavy atom. The second-order valence-electron chi connectivity index (χ2n) is 3.73. The Morgan fingerprint density at radius 2 is 2.21 bits per heavy atom. The largest absolute Gasteiger partial charge is 0.372 e. The summed E-state index contributed by atoms with van der Waals surface area (Å²) in [5.74, 6) is 0.607. The molecule has 8 heteroatoms. The van der Waals surface area contributed by atoms with Crippen LogP contribution in [0.25, 0.3) is 0 Å². The highest BCUT2D eigenvalue weighted by molar-refractivity contribution is 5.30. The van der Waals surface area contributed by atoms with Crippen LogP contribution < -0.4 is 10.9 Å². The van der Waals surface area contributed by atoms with E-state index >= 15 is 0 Å². The first-order valence-electron chi connectivity index (χ1n) is 5.44. The van der Waals surface area contributed by atoms with E-state index in [1.165, 1.54) is 35.3 Å². The zero-order chi connectivity index (χ0) is 13.8. The van der Waals surface area contributed by atoms with Crippen molar-refractivity contribution < 1.29 is 4.92 Å². The Balaban J connectivity index is 2.30. The van der Waals surface area contributed by atoms with Gasteiger partial charge in [-0.3, -0.25) is 19.9 Å². The third kappa shape index (κ3) is 2.73. The van der Waals surface area contributed by atoms with Crippen molar-refractivity contribution in [3.05, 3.63) is 56.9 Å². The summed E-state index contributed by atoms with van der Waals surface area (Å²) in [5, 5.41) is 13.5. The van der Waals surface area contributed by atoms with Crippen LogP contribution in [-0.4, -0.2) is 26.5 Å². The lowest BCUT2D eigenvalue weighted by Crippen LogP contribution is -2.22. The molecule has 0 aliphatic rings. The average molecular weight is 261 g/mol. The van der Waals surface area contributed by atoms with E-state index in [1.54, 1.807) is 7.05 Å². The maximum atomic E-state index is 11.8. The van der Waals surface area contributed by atoms with Crippen molar-refractivity contribution in [1.82, 2.24) is 14.5 Å². The van der Waals surface area contributed by atoms with Gasteiger partial charge >= 0.3 is 11.2 Å². The van der Waals surface area contributed by atoms with E-state index in [0.717, 1.165) is 0 Å². The molecule has 0 radical (unpaired) electrons. The number of nitrogens with zero attached hydrogens (tertiary/aromatic N) is 4. The molecule has 0 aromatic carbocycles. The molecule has 2 aromatic rings. The molecule has 0 saturated carbocycles. The Morgan fingerprint density at radius 3 is 2.79 bits per heavy atom. The van der Waals surface area contributed by atoms with Crippen LogP contribution in [0.1, 0.15) is 5.69 Å². The molecule has 19 heavy (non-hydrogen) atoms. The predicted molar refractivity (Wildman–Crippen MR) is 68.0 cm³/mol. The first-order valence-corrected chi connectivity index (χ1v) is 5.44. The summed E-state index contributed by atoms with van der Waals surface area (Å²) in [5.41, 5.74) is -0.573. The van der Waals surface area contributed by atoms with Crippen LogP contribution >= 0.6 is 0 Å². The quantitative estimate of drug-likeness (QED) is 0.639. The Hall–Kier alpha value is -2.77. The van der Waals surface area contributed by atoms with E-state index in [9.17, 15) is 14.9 Å². The lowest BCUT2D eigenvalue weighted by Gasteiger charge is -2.05. The summed E-state index contributed by atoms with van der Waals surface area (Å²) in [6.07, 6.45) is 4.51. The zero-order valence-electron chi connectivity index (χ0n) is 10.1. The molecule has 0 spiro atoms. The molecule has 0 bridgehead atoms. The molecular formula is C11H11N5O3. The number of pyridine rings is 1. The number of anilines is 1. The summed E-state index contributed by atoms with van der Waals surface area (Å²) in [7, 11) is 1.72. The Labute approximate surface area is 107 Å². The van der Waals surface area contributed by atoms with Gasteiger partial charge in [-0.05, 0) is 6.07 Å². The second-order valence-corrected chi connectivity index (χ2v) is 3.73. The number of rotatable bonds is 4. The molecule has 1 N–H and O–H groups in total. The third-order valence-corrected chi connectivity index (χ3v) is 2.49. The van der Waals surface area contributed by atoms with E-state index in [-0.39, 0.29) is 6.54 Å². The predicted octanol–water partition coefficient (Wildman–Crippen LogP) is 0.636. The van der Waals surface area contributed by atoms with Crippen molar-refractivity contribution >= 4 is 11.5 Å². The van der Waals surface area contributed by atoms with Gasteiger partial charge in [0.25, 0.3) is 0 Å². The molecule has 0 unspecified atom stereocenters. The fourth-order valence-corrected chi connectivity index (χ4v) is 1.53. The van der Waals surface area contributed by atoms with Crippen molar-refractivity contribution in [2.24, 2.45) is 0 Å². The van der Waals surface area contributed by atoms with Crippen LogP contribution in [0, 0.1) is 10.1 Å². The monoisotopic (exact) mass is 261 g/mol. The molecule has 0 aliphatic heterocycles. The van der Waals surface area contributed by atoms with Gasteiger partial charge in [-0.2, -0.15) is 0 Å². The highest BCUT2D eigenvalue weighted by atomic mass is 16.6. The lowest BCUT2D eigenvalue weighted by molar-refractivity contribution is -0.386. The van der Waals surface area contributed by atoms with Gasteiger partial charge in [0.15, 0.2) is 0 Å². The van der Waals surface area contributed by atoms with Crippen molar-refractivity contribution in [3.8, 4) is 0 Å². The first kappa shape index (κ1) is 12.7. The minimum Gasteiger partial charge on any atom is -0.372 e. The topological polar surface area (TPSA) is 103 Å². The summed E-state index contributed by atoms with van der Waals surface area (Å²) in [6, 6.07) is 2.63. The molecule has 0 atom stereocenters. The SMILES string of the molecule is CNc1cnc(Cn2cccc([N+](=O)[O-])c2=O)cn1. The van der Waals surface area contributed by atoms with Crippen molar-refractivity contribution in [3.63, 3.8) is 0 Å². The minimum absolute atomic E-state index is 0.136. The van der Waals surface area contributed by atoms with Gasteiger partial charge in [0.2, 0.25) is 0 Å². The maximum absolute atomic E-state index is 11.8. The number of nitrogens with one attached hydrogen (secondary N) is 1. The van der Waals surface area contributed by atoms with Crippen LogP contribution in [-0.2, 0) is 6.54 Å². The van der Waals surface area contributed by atoms with E-state index in [4.69, 9.17) is 0 Å². The molecule has 2 rings (SSSR count). The van der Waals surface area contributed by atoms with E-state index in [2.05, 4.69) is 15.3 Å². The molecule has 0 amide bonds. The molecular weight excluding hydrogens is 250 g/mol. The molecule has 2 aromatic heterocycles. The smallest absolute Gasteiger partial charge is 0.334 e. The second kappa shape index (κ2) is 5.25. The van der Waals surface area contributed by atoms with Gasteiger partial charge in [0.1, 0.15) is 5.82 Å². The number of nitro groups is 1. The maximum Gasteiger partial charge on any atom is 0.334 e. The third-order valence-electron chi connectivity index (χ3n) is 2.49. The van der Waals surface area contributed by atoms with Gasteiger partial charge in [-0.25, -0.2) is 4.98 Å². The zero-order valence-corrected chi connectivity index (χ0v) is 10.1. The van der Waals surface area contributed by atoms with Gasteiger partial charge < -0.3 is 9.88 Å². The number of hydrogen-bond acceptors (Lipinski definition) is 6. The van der Waals surface area contributed by atoms with Gasteiger partial charge in [0, 0.05) is 19.3 Å². The highest BCUT2D eigenvalue weighted by Gasteiger charge is 2.13. The van der Waals surface area contributed by atoms with Crippen LogP contribution in [0.5, 0.6) is 0 Å². The standard InChI is InChI=1S/C11H11N5O3/c1-12-10-6-13-8(5-14-10)7-15-4-2-3-9(11(15)17)16(18)19/h2-6H,7H2,1H3,(H,12,14). The van der Waals surface area contributed by atoms with Crippen molar-refractivity contribution in [2.75, 3.05) is 12.4 Å². The number of aromatic nitrogens is 3. The number of hydrogen-bond donors (Lipinski definition) is 1. The van der Waals surface area contributed by atoms with Gasteiger partial charge in [0.05, 0.1) is 29.6 Å². The van der Waals surface area contributed by atoms with Crippen LogP contribution in [0.2, 0.25) is 0 Å². The minimum atomic E-state index is -0.700. The van der Waals surface area contributed by atoms with Crippen LogP contribution in [0.4, 0.5) is 11.5 Å². The summed E-state index contributed by atoms with van der Waals surface area (Å²) in [6.45, 7) is 0.136. The summed E-state index contributed by atoms with van der Waals surface area (Å²) < 4.78 is 1.22. The molecule has 98 valence electrons. The highest BCUT2D eigenvalue weighted by Crippen LogP contribution is 2.04. The van der Waals surface area contributed by atoms with E-state index < -0.39 is 16.2 Å². The van der Waals surface area contributed by atoms with E-state index in [0.29, 0.717) is 11.5 Å². The molecule has 0 fully saturated rings. The molecule has 8 nitrogen and oxygen atoms in total. The van der Waals surface area contributed by atoms with Gasteiger partial charge in [-0.1, -0.05) is 0 Å². The average Bonchev–Trinajstić information content (AvgIpc) is 2.41. The first-order chi connectivity index (χ1) is 9.11. The fraction of sp³-hybridized carbons (Fsp3) is 0.182. The normalized spacial score (nSPS) is 10.2. The Kier molecular flexibility index (Phi) is 3.51. The van der Waals surface area contributed by atoms with Crippen molar-refractivity contribution in [2.45, 2.75) is 6.54 Å². The van der Waals surface area contributed by atoms with Gasteiger partial charge in [-0.15, -0.1) is 0 Å². The summed E-state index contributed by atoms with van der Waals surface area (Å²) in [4.78, 5) is 29.9. The van der Waals surface area contributed by atoms with E-state index in [1.807, 2.05) is 0 Å². The fourth-order valence-electron chi connectivity index (χ4n) is 1.53. The van der Waals surface area contributed by atoms with Crippen LogP contribution in [0.3, 0.4) is 0 Å². The van der Waals surface area contributed by atoms with Crippen LogP contribution in [0.15, 0.2) is 35.5 Å². The lowest BCUT2D eigenvalue weighted by atomic mass is 10.3. The van der Waals surface area contributed by atoms with Crippen molar-refractivity contribution in [1.29, 1.82) is 0 Å². The molecule has 0 aliphatic carbocycles.